The summed E-state index contributed by atoms with van der Waals surface area (Å²) >= 11 is 0. The van der Waals surface area contributed by atoms with Gasteiger partial charge in [-0.2, -0.15) is 0 Å². The number of fused-ring (bicyclic) bond motifs is 1. The summed E-state index contributed by atoms with van der Waals surface area (Å²) in [6.07, 6.45) is 3.15. The Bertz CT molecular complexity index is 726. The number of aryl methyl sites for hydroxylation is 1. The van der Waals surface area contributed by atoms with E-state index in [0.29, 0.717) is 5.92 Å². The minimum absolute atomic E-state index is 0.212. The second-order valence-corrected chi connectivity index (χ2v) is 7.39. The van der Waals surface area contributed by atoms with E-state index in [0.717, 1.165) is 5.69 Å². The summed E-state index contributed by atoms with van der Waals surface area (Å²) in [5, 5.41) is 0. The van der Waals surface area contributed by atoms with Gasteiger partial charge in [-0.1, -0.05) is 30.7 Å². The van der Waals surface area contributed by atoms with Gasteiger partial charge in [0.1, 0.15) is 0 Å². The summed E-state index contributed by atoms with van der Waals surface area (Å²) in [5.74, 6) is 0.573. The number of rotatable bonds is 2. The minimum Gasteiger partial charge on any atom is -0.369 e. The van der Waals surface area contributed by atoms with Crippen LogP contribution in [0.2, 0.25) is 0 Å². The molecule has 1 aliphatic heterocycles. The number of nitrogens with zero attached hydrogens (tertiary/aromatic N) is 2. The van der Waals surface area contributed by atoms with E-state index >= 15 is 0 Å². The van der Waals surface area contributed by atoms with Crippen LogP contribution in [0.5, 0.6) is 0 Å². The van der Waals surface area contributed by atoms with Gasteiger partial charge >= 0.3 is 0 Å². The first-order chi connectivity index (χ1) is 10.9. The Kier molecular flexibility index (Phi) is 4.01. The fraction of sp³-hybridized carbons (Fsp3) is 0.381. The zero-order chi connectivity index (χ0) is 16.6. The smallest absolute Gasteiger partial charge is 0.0630 e. The summed E-state index contributed by atoms with van der Waals surface area (Å²) in [6.45, 7) is 9.06. The Balaban J connectivity index is 1.89. The third-order valence-electron chi connectivity index (χ3n) is 5.05. The molecule has 2 aromatic rings. The lowest BCUT2D eigenvalue weighted by atomic mass is 9.80. The maximum atomic E-state index is 4.60. The van der Waals surface area contributed by atoms with Gasteiger partial charge in [0.25, 0.3) is 0 Å². The summed E-state index contributed by atoms with van der Waals surface area (Å²) in [6, 6.07) is 15.0. The van der Waals surface area contributed by atoms with Gasteiger partial charge in [-0.3, -0.25) is 4.99 Å². The first-order valence-corrected chi connectivity index (χ1v) is 8.35. The predicted molar refractivity (Wildman–Crippen MR) is 100 cm³/mol. The molecule has 23 heavy (non-hydrogen) atoms. The molecule has 2 heteroatoms. The van der Waals surface area contributed by atoms with E-state index in [4.69, 9.17) is 0 Å². The second-order valence-electron chi connectivity index (χ2n) is 7.39. The van der Waals surface area contributed by atoms with E-state index in [1.807, 2.05) is 6.21 Å². The molecule has 120 valence electrons. The zero-order valence-corrected chi connectivity index (χ0v) is 14.8. The molecule has 3 rings (SSSR count). The van der Waals surface area contributed by atoms with Crippen molar-refractivity contribution in [2.24, 2.45) is 4.99 Å². The molecule has 1 aliphatic rings. The average molecular weight is 306 g/mol. The van der Waals surface area contributed by atoms with Crippen molar-refractivity contribution in [3.05, 3.63) is 59.2 Å². The molecule has 0 N–H and O–H groups in total. The Morgan fingerprint density at radius 1 is 1.13 bits per heavy atom. The van der Waals surface area contributed by atoms with Crippen LogP contribution in [0.4, 0.5) is 11.4 Å². The number of anilines is 1. The quantitative estimate of drug-likeness (QED) is 0.672. The molecule has 0 spiro atoms. The SMILES string of the molecule is Cc1ccc(N=Cc2ccc3c(c2)C(C)CC(C)(C)N3C)cc1. The topological polar surface area (TPSA) is 15.6 Å². The van der Waals surface area contributed by atoms with Gasteiger partial charge in [0.2, 0.25) is 0 Å². The lowest BCUT2D eigenvalue weighted by molar-refractivity contribution is 0.395. The highest BCUT2D eigenvalue weighted by molar-refractivity contribution is 5.83. The Hall–Kier alpha value is -2.09. The van der Waals surface area contributed by atoms with Crippen LogP contribution in [0, 0.1) is 6.92 Å². The van der Waals surface area contributed by atoms with Crippen molar-refractivity contribution in [2.75, 3.05) is 11.9 Å². The normalized spacial score (nSPS) is 19.9. The molecule has 0 bridgehead atoms. The Morgan fingerprint density at radius 2 is 1.83 bits per heavy atom. The van der Waals surface area contributed by atoms with Gasteiger partial charge in [0.05, 0.1) is 5.69 Å². The molecule has 0 radical (unpaired) electrons. The van der Waals surface area contributed by atoms with Gasteiger partial charge in [-0.05, 0) is 68.5 Å². The molecule has 2 aromatic carbocycles. The van der Waals surface area contributed by atoms with Crippen molar-refractivity contribution in [1.82, 2.24) is 0 Å². The van der Waals surface area contributed by atoms with Crippen molar-refractivity contribution in [2.45, 2.75) is 45.6 Å². The van der Waals surface area contributed by atoms with Gasteiger partial charge in [0, 0.05) is 24.5 Å². The van der Waals surface area contributed by atoms with Crippen LogP contribution in [0.1, 0.15) is 49.8 Å². The fourth-order valence-electron chi connectivity index (χ4n) is 3.46. The molecular formula is C21H26N2. The lowest BCUT2D eigenvalue weighted by Crippen LogP contribution is -2.45. The second kappa shape index (κ2) is 5.84. The van der Waals surface area contributed by atoms with E-state index in [2.05, 4.69) is 87.1 Å². The lowest BCUT2D eigenvalue weighted by Gasteiger charge is -2.45. The molecule has 1 unspecified atom stereocenters. The average Bonchev–Trinajstić information content (AvgIpc) is 2.52. The van der Waals surface area contributed by atoms with Crippen LogP contribution in [0.3, 0.4) is 0 Å². The van der Waals surface area contributed by atoms with Crippen molar-refractivity contribution < 1.29 is 0 Å². The number of aliphatic imine (C=N–C) groups is 1. The molecule has 0 amide bonds. The highest BCUT2D eigenvalue weighted by Crippen LogP contribution is 2.42. The molecule has 1 atom stereocenters. The summed E-state index contributed by atoms with van der Waals surface area (Å²) in [4.78, 5) is 7.01. The fourth-order valence-corrected chi connectivity index (χ4v) is 3.46. The van der Waals surface area contributed by atoms with E-state index < -0.39 is 0 Å². The van der Waals surface area contributed by atoms with Crippen LogP contribution in [0.15, 0.2) is 47.5 Å². The van der Waals surface area contributed by atoms with Gasteiger partial charge in [0.15, 0.2) is 0 Å². The Morgan fingerprint density at radius 3 is 2.52 bits per heavy atom. The Labute approximate surface area is 139 Å². The third-order valence-corrected chi connectivity index (χ3v) is 5.05. The van der Waals surface area contributed by atoms with Crippen LogP contribution < -0.4 is 4.90 Å². The first-order valence-electron chi connectivity index (χ1n) is 8.35. The summed E-state index contributed by atoms with van der Waals surface area (Å²) in [7, 11) is 2.20. The molecule has 0 aliphatic carbocycles. The van der Waals surface area contributed by atoms with Crippen molar-refractivity contribution in [3.63, 3.8) is 0 Å². The van der Waals surface area contributed by atoms with Crippen LogP contribution in [-0.2, 0) is 0 Å². The summed E-state index contributed by atoms with van der Waals surface area (Å²) < 4.78 is 0. The van der Waals surface area contributed by atoms with Crippen molar-refractivity contribution in [3.8, 4) is 0 Å². The predicted octanol–water partition coefficient (Wildman–Crippen LogP) is 5.47. The minimum atomic E-state index is 0.212. The van der Waals surface area contributed by atoms with E-state index in [9.17, 15) is 0 Å². The van der Waals surface area contributed by atoms with E-state index in [1.54, 1.807) is 0 Å². The standard InChI is InChI=1S/C21H26N2/c1-15-6-9-18(10-7-15)22-14-17-8-11-20-19(12-17)16(2)13-21(3,4)23(20)5/h6-12,14,16H,13H2,1-5H3. The maximum Gasteiger partial charge on any atom is 0.0630 e. The monoisotopic (exact) mass is 306 g/mol. The zero-order valence-electron chi connectivity index (χ0n) is 14.8. The van der Waals surface area contributed by atoms with E-state index in [-0.39, 0.29) is 5.54 Å². The highest BCUT2D eigenvalue weighted by Gasteiger charge is 2.33. The molecular weight excluding hydrogens is 280 g/mol. The molecule has 0 fully saturated rings. The van der Waals surface area contributed by atoms with Crippen molar-refractivity contribution in [1.29, 1.82) is 0 Å². The number of hydrogen-bond acceptors (Lipinski definition) is 2. The molecule has 1 heterocycles. The molecule has 0 saturated heterocycles. The van der Waals surface area contributed by atoms with Crippen LogP contribution in [-0.4, -0.2) is 18.8 Å². The number of hydrogen-bond donors (Lipinski definition) is 0. The van der Waals surface area contributed by atoms with Gasteiger partial charge in [-0.25, -0.2) is 0 Å². The van der Waals surface area contributed by atoms with Crippen molar-refractivity contribution >= 4 is 17.6 Å². The van der Waals surface area contributed by atoms with E-state index in [1.165, 1.54) is 28.8 Å². The molecule has 0 saturated carbocycles. The van der Waals surface area contributed by atoms with Gasteiger partial charge < -0.3 is 4.90 Å². The van der Waals surface area contributed by atoms with Crippen LogP contribution >= 0.6 is 0 Å². The molecule has 2 nitrogen and oxygen atoms in total. The first kappa shape index (κ1) is 15.8. The highest BCUT2D eigenvalue weighted by atomic mass is 15.2. The molecule has 0 aromatic heterocycles. The third kappa shape index (κ3) is 3.17. The maximum absolute atomic E-state index is 4.60. The van der Waals surface area contributed by atoms with Gasteiger partial charge in [-0.15, -0.1) is 0 Å². The summed E-state index contributed by atoms with van der Waals surface area (Å²) in [5.41, 5.74) is 6.42. The largest absolute Gasteiger partial charge is 0.369 e. The number of benzene rings is 2. The van der Waals surface area contributed by atoms with Crippen LogP contribution in [0.25, 0.3) is 0 Å².